The second-order valence-electron chi connectivity index (χ2n) is 5.72. The van der Waals surface area contributed by atoms with Crippen LogP contribution in [0.5, 0.6) is 11.5 Å². The maximum Gasteiger partial charge on any atom is 0.161 e. The van der Waals surface area contributed by atoms with E-state index >= 15 is 0 Å². The molecule has 1 unspecified atom stereocenters. The Bertz CT molecular complexity index is 383. The van der Waals surface area contributed by atoms with Crippen molar-refractivity contribution < 1.29 is 9.47 Å². The van der Waals surface area contributed by atoms with E-state index < -0.39 is 0 Å². The van der Waals surface area contributed by atoms with Gasteiger partial charge in [0.25, 0.3) is 0 Å². The van der Waals surface area contributed by atoms with Gasteiger partial charge in [0.15, 0.2) is 11.5 Å². The van der Waals surface area contributed by atoms with Crippen LogP contribution in [0.1, 0.15) is 38.8 Å². The highest BCUT2D eigenvalue weighted by molar-refractivity contribution is 5.43. The van der Waals surface area contributed by atoms with Crippen LogP contribution in [0.15, 0.2) is 18.2 Å². The zero-order valence-corrected chi connectivity index (χ0v) is 12.3. The van der Waals surface area contributed by atoms with Gasteiger partial charge in [-0.15, -0.1) is 0 Å². The molecule has 0 saturated carbocycles. The summed E-state index contributed by atoms with van der Waals surface area (Å²) in [6.07, 6.45) is 1.07. The van der Waals surface area contributed by atoms with Gasteiger partial charge in [0.05, 0.1) is 14.2 Å². The average Bonchev–Trinajstić information content (AvgIpc) is 2.34. The smallest absolute Gasteiger partial charge is 0.161 e. The standard InChI is InChI=1S/C15H25NO2/c1-15(2,3)10-12(16-4)11-7-8-13(17-5)14(9-11)18-6/h7-9,12,16H,10H2,1-6H3. The Morgan fingerprint density at radius 3 is 2.17 bits per heavy atom. The largest absolute Gasteiger partial charge is 0.493 e. The minimum Gasteiger partial charge on any atom is -0.493 e. The van der Waals surface area contributed by atoms with Crippen LogP contribution in [0.25, 0.3) is 0 Å². The maximum absolute atomic E-state index is 5.35. The quantitative estimate of drug-likeness (QED) is 0.870. The molecule has 1 aromatic carbocycles. The first-order chi connectivity index (χ1) is 8.41. The Labute approximate surface area is 110 Å². The number of hydrogen-bond donors (Lipinski definition) is 1. The number of rotatable bonds is 5. The first-order valence-corrected chi connectivity index (χ1v) is 6.30. The lowest BCUT2D eigenvalue weighted by atomic mass is 9.85. The van der Waals surface area contributed by atoms with Crippen molar-refractivity contribution in [2.45, 2.75) is 33.2 Å². The van der Waals surface area contributed by atoms with Gasteiger partial charge in [0.2, 0.25) is 0 Å². The molecule has 3 heteroatoms. The van der Waals surface area contributed by atoms with E-state index in [2.05, 4.69) is 32.2 Å². The molecule has 0 aromatic heterocycles. The molecule has 3 nitrogen and oxygen atoms in total. The second kappa shape index (κ2) is 6.10. The van der Waals surface area contributed by atoms with Gasteiger partial charge in [0.1, 0.15) is 0 Å². The third-order valence-corrected chi connectivity index (χ3v) is 2.97. The van der Waals surface area contributed by atoms with Crippen LogP contribution < -0.4 is 14.8 Å². The van der Waals surface area contributed by atoms with Crippen molar-refractivity contribution in [3.8, 4) is 11.5 Å². The van der Waals surface area contributed by atoms with Gasteiger partial charge in [-0.3, -0.25) is 0 Å². The van der Waals surface area contributed by atoms with Gasteiger partial charge in [-0.05, 0) is 36.6 Å². The molecule has 1 N–H and O–H groups in total. The highest BCUT2D eigenvalue weighted by atomic mass is 16.5. The van der Waals surface area contributed by atoms with Crippen molar-refractivity contribution in [3.05, 3.63) is 23.8 Å². The molecule has 0 aliphatic heterocycles. The molecule has 0 spiro atoms. The van der Waals surface area contributed by atoms with E-state index in [9.17, 15) is 0 Å². The maximum atomic E-state index is 5.35. The van der Waals surface area contributed by atoms with Gasteiger partial charge < -0.3 is 14.8 Å². The molecule has 0 aliphatic carbocycles. The summed E-state index contributed by atoms with van der Waals surface area (Å²) in [5.74, 6) is 1.55. The number of hydrogen-bond acceptors (Lipinski definition) is 3. The minimum absolute atomic E-state index is 0.279. The van der Waals surface area contributed by atoms with Crippen LogP contribution in [0.4, 0.5) is 0 Å². The van der Waals surface area contributed by atoms with E-state index in [1.807, 2.05) is 19.2 Å². The Morgan fingerprint density at radius 1 is 1.11 bits per heavy atom. The summed E-state index contributed by atoms with van der Waals surface area (Å²) in [6, 6.07) is 6.42. The normalized spacial score (nSPS) is 13.2. The lowest BCUT2D eigenvalue weighted by Gasteiger charge is -2.26. The van der Waals surface area contributed by atoms with Crippen LogP contribution >= 0.6 is 0 Å². The first-order valence-electron chi connectivity index (χ1n) is 6.30. The van der Waals surface area contributed by atoms with Crippen LogP contribution in [0.2, 0.25) is 0 Å². The summed E-state index contributed by atoms with van der Waals surface area (Å²) < 4.78 is 10.6. The zero-order valence-electron chi connectivity index (χ0n) is 12.3. The van der Waals surface area contributed by atoms with Crippen molar-refractivity contribution in [1.82, 2.24) is 5.32 Å². The van der Waals surface area contributed by atoms with Crippen LogP contribution in [-0.2, 0) is 0 Å². The molecule has 0 heterocycles. The highest BCUT2D eigenvalue weighted by Crippen LogP contribution is 2.34. The number of ether oxygens (including phenoxy) is 2. The SMILES string of the molecule is CNC(CC(C)(C)C)c1ccc(OC)c(OC)c1. The summed E-state index contributed by atoms with van der Waals surface area (Å²) >= 11 is 0. The van der Waals surface area contributed by atoms with E-state index in [1.54, 1.807) is 14.2 Å². The minimum atomic E-state index is 0.279. The van der Waals surface area contributed by atoms with Crippen LogP contribution in [0.3, 0.4) is 0 Å². The summed E-state index contributed by atoms with van der Waals surface area (Å²) in [4.78, 5) is 0. The fourth-order valence-electron chi connectivity index (χ4n) is 2.07. The molecule has 1 aromatic rings. The molecule has 0 radical (unpaired) electrons. The summed E-state index contributed by atoms with van der Waals surface area (Å²) in [7, 11) is 5.31. The third kappa shape index (κ3) is 3.91. The molecule has 0 fully saturated rings. The van der Waals surface area contributed by atoms with Gasteiger partial charge in [0, 0.05) is 6.04 Å². The number of nitrogens with one attached hydrogen (secondary N) is 1. The topological polar surface area (TPSA) is 30.5 Å². The molecule has 1 rings (SSSR count). The average molecular weight is 251 g/mol. The fourth-order valence-corrected chi connectivity index (χ4v) is 2.07. The van der Waals surface area contributed by atoms with Gasteiger partial charge in [-0.1, -0.05) is 26.8 Å². The van der Waals surface area contributed by atoms with E-state index in [0.29, 0.717) is 6.04 Å². The Balaban J connectivity index is 3.00. The summed E-state index contributed by atoms with van der Waals surface area (Å²) in [5, 5.41) is 3.37. The second-order valence-corrected chi connectivity index (χ2v) is 5.72. The van der Waals surface area contributed by atoms with Crippen molar-refractivity contribution in [3.63, 3.8) is 0 Å². The van der Waals surface area contributed by atoms with E-state index in [1.165, 1.54) is 5.56 Å². The van der Waals surface area contributed by atoms with Crippen LogP contribution in [-0.4, -0.2) is 21.3 Å². The molecule has 0 aliphatic rings. The molecule has 0 bridgehead atoms. The van der Waals surface area contributed by atoms with E-state index in [4.69, 9.17) is 9.47 Å². The Hall–Kier alpha value is -1.22. The van der Waals surface area contributed by atoms with Crippen molar-refractivity contribution in [2.24, 2.45) is 5.41 Å². The van der Waals surface area contributed by atoms with Crippen molar-refractivity contribution in [1.29, 1.82) is 0 Å². The molecule has 0 amide bonds. The van der Waals surface area contributed by atoms with Crippen LogP contribution in [0, 0.1) is 5.41 Å². The van der Waals surface area contributed by atoms with E-state index in [0.717, 1.165) is 17.9 Å². The Morgan fingerprint density at radius 2 is 1.72 bits per heavy atom. The van der Waals surface area contributed by atoms with Gasteiger partial charge >= 0.3 is 0 Å². The third-order valence-electron chi connectivity index (χ3n) is 2.97. The lowest BCUT2D eigenvalue weighted by molar-refractivity contribution is 0.318. The molecule has 1 atom stereocenters. The zero-order chi connectivity index (χ0) is 13.8. The van der Waals surface area contributed by atoms with E-state index in [-0.39, 0.29) is 5.41 Å². The number of benzene rings is 1. The molecule has 18 heavy (non-hydrogen) atoms. The Kier molecular flexibility index (Phi) is 5.03. The summed E-state index contributed by atoms with van der Waals surface area (Å²) in [5.41, 5.74) is 1.51. The van der Waals surface area contributed by atoms with Gasteiger partial charge in [-0.2, -0.15) is 0 Å². The molecular formula is C15H25NO2. The predicted molar refractivity (Wildman–Crippen MR) is 75.4 cm³/mol. The molecular weight excluding hydrogens is 226 g/mol. The van der Waals surface area contributed by atoms with Crippen molar-refractivity contribution >= 4 is 0 Å². The fraction of sp³-hybridized carbons (Fsp3) is 0.600. The van der Waals surface area contributed by atoms with Gasteiger partial charge in [-0.25, -0.2) is 0 Å². The lowest BCUT2D eigenvalue weighted by Crippen LogP contribution is -2.22. The van der Waals surface area contributed by atoms with Crippen molar-refractivity contribution in [2.75, 3.05) is 21.3 Å². The molecule has 102 valence electrons. The predicted octanol–water partition coefficient (Wildman–Crippen LogP) is 3.40. The first kappa shape index (κ1) is 14.8. The monoisotopic (exact) mass is 251 g/mol. The number of methoxy groups -OCH3 is 2. The highest BCUT2D eigenvalue weighted by Gasteiger charge is 2.20. The summed E-state index contributed by atoms with van der Waals surface area (Å²) in [6.45, 7) is 6.74. The molecule has 0 saturated heterocycles.